The van der Waals surface area contributed by atoms with Crippen molar-refractivity contribution in [3.63, 3.8) is 0 Å². The van der Waals surface area contributed by atoms with Crippen molar-refractivity contribution < 1.29 is 32.2 Å². The van der Waals surface area contributed by atoms with E-state index in [2.05, 4.69) is 0 Å². The van der Waals surface area contributed by atoms with Gasteiger partial charge in [0.25, 0.3) is 5.56 Å². The molecule has 0 amide bonds. The molecule has 0 fully saturated rings. The molecule has 1 atom stereocenters. The Morgan fingerprint density at radius 1 is 0.957 bits per heavy atom. The number of hydrogen-bond donors (Lipinski definition) is 0. The first kappa shape index (κ1) is 33.3. The Morgan fingerprint density at radius 2 is 1.67 bits per heavy atom. The average Bonchev–Trinajstić information content (AvgIpc) is 2.99. The minimum atomic E-state index is -4.59. The number of aromatic nitrogens is 1. The van der Waals surface area contributed by atoms with Crippen LogP contribution in [0.25, 0.3) is 21.9 Å². The monoisotopic (exact) mass is 652 g/mol. The van der Waals surface area contributed by atoms with Crippen LogP contribution in [0.3, 0.4) is 0 Å². The Kier molecular flexibility index (Phi) is 9.65. The lowest BCUT2D eigenvalue weighted by Crippen LogP contribution is -2.42. The molecular weight excluding hydrogens is 617 g/mol. The van der Waals surface area contributed by atoms with Crippen LogP contribution in [-0.2, 0) is 31.7 Å². The maximum Gasteiger partial charge on any atom is 0.416 e. The molecule has 5 rings (SSSR count). The molecule has 1 aromatic heterocycles. The van der Waals surface area contributed by atoms with Gasteiger partial charge >= 0.3 is 18.1 Å². The van der Waals surface area contributed by atoms with E-state index >= 15 is 0 Å². The van der Waals surface area contributed by atoms with Gasteiger partial charge in [-0.15, -0.1) is 0 Å². The van der Waals surface area contributed by atoms with Gasteiger partial charge in [-0.05, 0) is 85.2 Å². The quantitative estimate of drug-likeness (QED) is 0.145. The van der Waals surface area contributed by atoms with Crippen LogP contribution in [0.1, 0.15) is 56.3 Å². The highest BCUT2D eigenvalue weighted by Gasteiger charge is 2.36. The molecule has 3 aromatic carbocycles. The Hall–Kier alpha value is -4.09. The molecule has 1 aliphatic heterocycles. The van der Waals surface area contributed by atoms with Crippen LogP contribution in [0.4, 0.5) is 13.2 Å². The molecule has 4 aromatic rings. The number of nitrogens with zero attached hydrogens (tertiary/aromatic N) is 2. The third-order valence-electron chi connectivity index (χ3n) is 7.61. The van der Waals surface area contributed by atoms with E-state index in [1.54, 1.807) is 26.8 Å². The highest BCUT2D eigenvalue weighted by molar-refractivity contribution is 7.97. The van der Waals surface area contributed by atoms with Crippen LogP contribution in [0.5, 0.6) is 0 Å². The summed E-state index contributed by atoms with van der Waals surface area (Å²) in [5.41, 5.74) is 0.194. The standard InChI is InChI=1S/C35H35F3N2O5S/c1-34(2,3)45-30(42)16-9-17-39-21-28(33(43)44-4)40-29(41)20-25(18-23-12-7-11-22-10-5-6-15-27(22)23)31(32(40)46-39)24-13-8-14-26(19-24)35(36,37)38/h5-8,10-15,19-20,28H,9,16-18,21H2,1-4H3. The smallest absolute Gasteiger partial charge is 0.416 e. The number of carbonyl (C=O) groups excluding carboxylic acids is 2. The topological polar surface area (TPSA) is 77.8 Å². The lowest BCUT2D eigenvalue weighted by atomic mass is 9.93. The summed E-state index contributed by atoms with van der Waals surface area (Å²) >= 11 is 1.19. The predicted molar refractivity (Wildman–Crippen MR) is 171 cm³/mol. The molecule has 0 aliphatic carbocycles. The summed E-state index contributed by atoms with van der Waals surface area (Å²) in [6, 6.07) is 18.9. The highest BCUT2D eigenvalue weighted by atomic mass is 32.2. The Bertz CT molecular complexity index is 1820. The van der Waals surface area contributed by atoms with Crippen molar-refractivity contribution in [2.24, 2.45) is 0 Å². The van der Waals surface area contributed by atoms with E-state index in [1.807, 2.05) is 46.8 Å². The second kappa shape index (κ2) is 13.3. The van der Waals surface area contributed by atoms with Crippen molar-refractivity contribution in [3.05, 3.63) is 99.8 Å². The van der Waals surface area contributed by atoms with Gasteiger partial charge in [-0.2, -0.15) is 13.2 Å². The fourth-order valence-corrected chi connectivity index (χ4v) is 6.99. The van der Waals surface area contributed by atoms with Gasteiger partial charge in [0, 0.05) is 31.1 Å². The molecule has 0 saturated carbocycles. The molecule has 0 spiro atoms. The van der Waals surface area contributed by atoms with Crippen LogP contribution in [0.2, 0.25) is 0 Å². The molecule has 0 radical (unpaired) electrons. The number of fused-ring (bicyclic) bond motifs is 2. The number of rotatable bonds is 8. The van der Waals surface area contributed by atoms with Crippen LogP contribution < -0.4 is 5.56 Å². The lowest BCUT2D eigenvalue weighted by Gasteiger charge is -2.35. The molecule has 0 bridgehead atoms. The van der Waals surface area contributed by atoms with Crippen LogP contribution in [-0.4, -0.2) is 46.6 Å². The summed E-state index contributed by atoms with van der Waals surface area (Å²) < 4.78 is 55.4. The molecule has 242 valence electrons. The number of hydrogen-bond acceptors (Lipinski definition) is 7. The van der Waals surface area contributed by atoms with Crippen molar-refractivity contribution in [3.8, 4) is 11.1 Å². The molecular formula is C35H35F3N2O5S. The van der Waals surface area contributed by atoms with Crippen molar-refractivity contribution >= 4 is 34.7 Å². The second-order valence-corrected chi connectivity index (χ2v) is 13.2. The molecule has 1 unspecified atom stereocenters. The van der Waals surface area contributed by atoms with E-state index in [1.165, 1.54) is 35.8 Å². The van der Waals surface area contributed by atoms with Crippen molar-refractivity contribution in [2.75, 3.05) is 20.2 Å². The van der Waals surface area contributed by atoms with Gasteiger partial charge in [0.15, 0.2) is 0 Å². The van der Waals surface area contributed by atoms with Crippen LogP contribution in [0.15, 0.2) is 82.6 Å². The number of methoxy groups -OCH3 is 1. The normalized spacial score (nSPS) is 15.4. The Morgan fingerprint density at radius 3 is 2.39 bits per heavy atom. The lowest BCUT2D eigenvalue weighted by molar-refractivity contribution is -0.155. The average molecular weight is 653 g/mol. The second-order valence-electron chi connectivity index (χ2n) is 12.2. The van der Waals surface area contributed by atoms with Gasteiger partial charge in [-0.3, -0.25) is 14.2 Å². The number of alkyl halides is 3. The van der Waals surface area contributed by atoms with Crippen molar-refractivity contribution in [2.45, 2.75) is 62.9 Å². The first-order chi connectivity index (χ1) is 21.7. The summed E-state index contributed by atoms with van der Waals surface area (Å²) in [6.45, 7) is 5.80. The van der Waals surface area contributed by atoms with Gasteiger partial charge in [-0.1, -0.05) is 54.6 Å². The Balaban J connectivity index is 1.64. The minimum Gasteiger partial charge on any atom is -0.467 e. The van der Waals surface area contributed by atoms with Gasteiger partial charge < -0.3 is 9.47 Å². The molecule has 7 nitrogen and oxygen atoms in total. The highest BCUT2D eigenvalue weighted by Crippen LogP contribution is 2.43. The number of ether oxygens (including phenoxy) is 2. The first-order valence-corrected chi connectivity index (χ1v) is 15.7. The fourth-order valence-electron chi connectivity index (χ4n) is 5.66. The van der Waals surface area contributed by atoms with Gasteiger partial charge in [0.05, 0.1) is 12.7 Å². The van der Waals surface area contributed by atoms with Crippen molar-refractivity contribution in [1.29, 1.82) is 0 Å². The maximum absolute atomic E-state index is 13.9. The van der Waals surface area contributed by atoms with E-state index in [0.717, 1.165) is 28.5 Å². The molecule has 2 heterocycles. The fraction of sp³-hybridized carbons (Fsp3) is 0.343. The zero-order valence-electron chi connectivity index (χ0n) is 26.0. The number of esters is 2. The molecule has 1 aliphatic rings. The van der Waals surface area contributed by atoms with Crippen LogP contribution in [0, 0.1) is 0 Å². The minimum absolute atomic E-state index is 0.100. The number of benzene rings is 3. The van der Waals surface area contributed by atoms with E-state index in [-0.39, 0.29) is 30.9 Å². The van der Waals surface area contributed by atoms with E-state index in [0.29, 0.717) is 29.1 Å². The zero-order chi connectivity index (χ0) is 33.2. The molecule has 46 heavy (non-hydrogen) atoms. The number of halogens is 3. The molecule has 11 heteroatoms. The van der Waals surface area contributed by atoms with Crippen LogP contribution >= 0.6 is 11.9 Å². The van der Waals surface area contributed by atoms with Crippen molar-refractivity contribution in [1.82, 2.24) is 8.87 Å². The summed E-state index contributed by atoms with van der Waals surface area (Å²) in [4.78, 5) is 39.3. The SMILES string of the molecule is COC(=O)C1CN(CCCC(=O)OC(C)(C)C)Sc2c(-c3cccc(C(F)(F)F)c3)c(Cc3cccc4ccccc34)cc(=O)n21. The van der Waals surface area contributed by atoms with Gasteiger partial charge in [0.2, 0.25) is 0 Å². The summed E-state index contributed by atoms with van der Waals surface area (Å²) in [5, 5.41) is 2.29. The van der Waals surface area contributed by atoms with Gasteiger partial charge in [-0.25, -0.2) is 9.10 Å². The third-order valence-corrected chi connectivity index (χ3v) is 8.78. The number of carbonyl (C=O) groups is 2. The number of pyridine rings is 1. The van der Waals surface area contributed by atoms with E-state index in [4.69, 9.17) is 9.47 Å². The summed E-state index contributed by atoms with van der Waals surface area (Å²) in [5.74, 6) is -1.02. The Labute approximate surface area is 269 Å². The predicted octanol–water partition coefficient (Wildman–Crippen LogP) is 7.44. The summed E-state index contributed by atoms with van der Waals surface area (Å²) in [6.07, 6.45) is -3.80. The molecule has 0 saturated heterocycles. The van der Waals surface area contributed by atoms with E-state index < -0.39 is 34.9 Å². The third kappa shape index (κ3) is 7.47. The first-order valence-electron chi connectivity index (χ1n) is 14.9. The maximum atomic E-state index is 13.9. The largest absolute Gasteiger partial charge is 0.467 e. The zero-order valence-corrected chi connectivity index (χ0v) is 26.8. The molecule has 0 N–H and O–H groups in total. The van der Waals surface area contributed by atoms with Gasteiger partial charge in [0.1, 0.15) is 16.7 Å². The van der Waals surface area contributed by atoms with E-state index in [9.17, 15) is 27.6 Å². The summed E-state index contributed by atoms with van der Waals surface area (Å²) in [7, 11) is 1.23.